The second-order valence-electron chi connectivity index (χ2n) is 5.74. The number of rotatable bonds is 8. The van der Waals surface area contributed by atoms with Crippen LogP contribution in [0.15, 0.2) is 48.7 Å². The van der Waals surface area contributed by atoms with Crippen molar-refractivity contribution in [3.8, 4) is 28.9 Å². The van der Waals surface area contributed by atoms with Gasteiger partial charge in [0.1, 0.15) is 11.6 Å². The van der Waals surface area contributed by atoms with Gasteiger partial charge in [-0.2, -0.15) is 9.97 Å². The summed E-state index contributed by atoms with van der Waals surface area (Å²) in [4.78, 5) is 13.0. The van der Waals surface area contributed by atoms with Crippen LogP contribution in [0.25, 0.3) is 11.3 Å². The van der Waals surface area contributed by atoms with Gasteiger partial charge < -0.3 is 19.5 Å². The Morgan fingerprint density at radius 2 is 1.70 bits per heavy atom. The molecule has 0 radical (unpaired) electrons. The van der Waals surface area contributed by atoms with Crippen molar-refractivity contribution >= 4 is 5.82 Å². The SMILES string of the molecule is COc1ccc(CCNc2cc(-c3ccc(OC)nc3)nc(OC)n2)cc1. The molecular formula is C20H22N4O3. The monoisotopic (exact) mass is 366 g/mol. The molecule has 27 heavy (non-hydrogen) atoms. The van der Waals surface area contributed by atoms with E-state index >= 15 is 0 Å². The molecule has 0 unspecified atom stereocenters. The van der Waals surface area contributed by atoms with Crippen LogP contribution in [0.3, 0.4) is 0 Å². The van der Waals surface area contributed by atoms with Gasteiger partial charge >= 0.3 is 6.01 Å². The average molecular weight is 366 g/mol. The number of nitrogens with zero attached hydrogens (tertiary/aromatic N) is 3. The first-order valence-electron chi connectivity index (χ1n) is 8.52. The first-order valence-corrected chi connectivity index (χ1v) is 8.52. The number of aromatic nitrogens is 3. The van der Waals surface area contributed by atoms with Crippen molar-refractivity contribution in [1.82, 2.24) is 15.0 Å². The predicted octanol–water partition coefficient (Wildman–Crippen LogP) is 3.22. The number of anilines is 1. The van der Waals surface area contributed by atoms with Crippen molar-refractivity contribution in [2.45, 2.75) is 6.42 Å². The van der Waals surface area contributed by atoms with E-state index < -0.39 is 0 Å². The van der Waals surface area contributed by atoms with Crippen LogP contribution in [-0.4, -0.2) is 42.8 Å². The molecular weight excluding hydrogens is 344 g/mol. The molecule has 3 rings (SSSR count). The molecule has 1 aromatic carbocycles. The Balaban J connectivity index is 1.70. The summed E-state index contributed by atoms with van der Waals surface area (Å²) in [7, 11) is 4.79. The largest absolute Gasteiger partial charge is 0.497 e. The number of ether oxygens (including phenoxy) is 3. The van der Waals surface area contributed by atoms with Crippen molar-refractivity contribution in [2.75, 3.05) is 33.2 Å². The molecule has 7 nitrogen and oxygen atoms in total. The Kier molecular flexibility index (Phi) is 6.04. The molecule has 140 valence electrons. The number of benzene rings is 1. The molecule has 2 heterocycles. The van der Waals surface area contributed by atoms with Crippen molar-refractivity contribution in [3.63, 3.8) is 0 Å². The van der Waals surface area contributed by atoms with Gasteiger partial charge in [0.15, 0.2) is 0 Å². The number of hydrogen-bond acceptors (Lipinski definition) is 7. The lowest BCUT2D eigenvalue weighted by atomic mass is 10.1. The Bertz CT molecular complexity index is 867. The zero-order chi connectivity index (χ0) is 19.1. The van der Waals surface area contributed by atoms with Gasteiger partial charge in [0, 0.05) is 30.4 Å². The van der Waals surface area contributed by atoms with E-state index in [9.17, 15) is 0 Å². The molecule has 0 bridgehead atoms. The minimum absolute atomic E-state index is 0.301. The van der Waals surface area contributed by atoms with Crippen molar-refractivity contribution in [2.24, 2.45) is 0 Å². The number of methoxy groups -OCH3 is 3. The topological polar surface area (TPSA) is 78.4 Å². The highest BCUT2D eigenvalue weighted by molar-refractivity contribution is 5.62. The van der Waals surface area contributed by atoms with Crippen LogP contribution < -0.4 is 19.5 Å². The van der Waals surface area contributed by atoms with Crippen LogP contribution in [0, 0.1) is 0 Å². The molecule has 1 N–H and O–H groups in total. The van der Waals surface area contributed by atoms with Gasteiger partial charge in [-0.1, -0.05) is 12.1 Å². The lowest BCUT2D eigenvalue weighted by molar-refractivity contribution is 0.381. The van der Waals surface area contributed by atoms with E-state index in [0.717, 1.165) is 30.0 Å². The zero-order valence-electron chi connectivity index (χ0n) is 15.6. The fraction of sp³-hybridized carbons (Fsp3) is 0.250. The van der Waals surface area contributed by atoms with E-state index in [2.05, 4.69) is 32.4 Å². The Labute approximate surface area is 158 Å². The van der Waals surface area contributed by atoms with Gasteiger partial charge in [0.2, 0.25) is 5.88 Å². The summed E-state index contributed by atoms with van der Waals surface area (Å²) in [6.07, 6.45) is 2.57. The zero-order valence-corrected chi connectivity index (χ0v) is 15.6. The molecule has 3 aromatic rings. The predicted molar refractivity (Wildman–Crippen MR) is 104 cm³/mol. The normalized spacial score (nSPS) is 10.3. The number of pyridine rings is 1. The fourth-order valence-electron chi connectivity index (χ4n) is 2.53. The quantitative estimate of drug-likeness (QED) is 0.656. The second kappa shape index (κ2) is 8.84. The van der Waals surface area contributed by atoms with Gasteiger partial charge in [0.05, 0.1) is 27.0 Å². The van der Waals surface area contributed by atoms with Crippen LogP contribution in [-0.2, 0) is 6.42 Å². The highest BCUT2D eigenvalue weighted by Gasteiger charge is 2.08. The molecule has 0 fully saturated rings. The first kappa shape index (κ1) is 18.4. The van der Waals surface area contributed by atoms with Gasteiger partial charge in [0.25, 0.3) is 0 Å². The van der Waals surface area contributed by atoms with Crippen molar-refractivity contribution in [1.29, 1.82) is 0 Å². The van der Waals surface area contributed by atoms with Crippen LogP contribution in [0.5, 0.6) is 17.6 Å². The molecule has 0 aliphatic heterocycles. The minimum Gasteiger partial charge on any atom is -0.497 e. The third-order valence-corrected chi connectivity index (χ3v) is 4.01. The van der Waals surface area contributed by atoms with Crippen molar-refractivity contribution < 1.29 is 14.2 Å². The Hall–Kier alpha value is -3.35. The summed E-state index contributed by atoms with van der Waals surface area (Å²) in [5, 5.41) is 3.32. The lowest BCUT2D eigenvalue weighted by Crippen LogP contribution is -2.08. The molecule has 0 amide bonds. The molecule has 0 aliphatic rings. The Morgan fingerprint density at radius 1 is 0.889 bits per heavy atom. The smallest absolute Gasteiger partial charge is 0.318 e. The summed E-state index contributed by atoms with van der Waals surface area (Å²) in [5.41, 5.74) is 2.79. The van der Waals surface area contributed by atoms with E-state index in [1.165, 1.54) is 5.56 Å². The fourth-order valence-corrected chi connectivity index (χ4v) is 2.53. The van der Waals surface area contributed by atoms with Crippen LogP contribution >= 0.6 is 0 Å². The van der Waals surface area contributed by atoms with Crippen LogP contribution in [0.4, 0.5) is 5.82 Å². The highest BCUT2D eigenvalue weighted by Crippen LogP contribution is 2.23. The summed E-state index contributed by atoms with van der Waals surface area (Å²) >= 11 is 0. The van der Waals surface area contributed by atoms with E-state index in [4.69, 9.17) is 14.2 Å². The highest BCUT2D eigenvalue weighted by atomic mass is 16.5. The Morgan fingerprint density at radius 3 is 2.33 bits per heavy atom. The molecule has 0 spiro atoms. The molecule has 7 heteroatoms. The maximum Gasteiger partial charge on any atom is 0.318 e. The van der Waals surface area contributed by atoms with E-state index in [1.807, 2.05) is 24.3 Å². The third-order valence-electron chi connectivity index (χ3n) is 4.01. The third kappa shape index (κ3) is 4.84. The first-order chi connectivity index (χ1) is 13.2. The molecule has 2 aromatic heterocycles. The summed E-state index contributed by atoms with van der Waals surface area (Å²) < 4.78 is 15.5. The molecule has 0 atom stereocenters. The minimum atomic E-state index is 0.301. The summed E-state index contributed by atoms with van der Waals surface area (Å²) in [6, 6.07) is 13.9. The maximum atomic E-state index is 5.23. The molecule has 0 saturated heterocycles. The summed E-state index contributed by atoms with van der Waals surface area (Å²) in [6.45, 7) is 0.729. The van der Waals surface area contributed by atoms with Crippen LogP contribution in [0.2, 0.25) is 0 Å². The van der Waals surface area contributed by atoms with Gasteiger partial charge in [-0.15, -0.1) is 0 Å². The lowest BCUT2D eigenvalue weighted by Gasteiger charge is -2.10. The van der Waals surface area contributed by atoms with E-state index in [-0.39, 0.29) is 0 Å². The standard InChI is InChI=1S/C20H22N4O3/c1-25-16-7-4-14(5-8-16)10-11-21-18-12-17(23-20(24-18)27-3)15-6-9-19(26-2)22-13-15/h4-9,12-13H,10-11H2,1-3H3,(H,21,23,24). The van der Waals surface area contributed by atoms with Gasteiger partial charge in [-0.3, -0.25) is 0 Å². The molecule has 0 saturated carbocycles. The van der Waals surface area contributed by atoms with Crippen molar-refractivity contribution in [3.05, 3.63) is 54.2 Å². The van der Waals surface area contributed by atoms with Gasteiger partial charge in [-0.05, 0) is 30.2 Å². The number of hydrogen-bond donors (Lipinski definition) is 1. The molecule has 0 aliphatic carbocycles. The number of nitrogens with one attached hydrogen (secondary N) is 1. The van der Waals surface area contributed by atoms with Gasteiger partial charge in [-0.25, -0.2) is 4.98 Å². The average Bonchev–Trinajstić information content (AvgIpc) is 2.74. The maximum absolute atomic E-state index is 5.23. The second-order valence-corrected chi connectivity index (χ2v) is 5.74. The van der Waals surface area contributed by atoms with E-state index in [0.29, 0.717) is 17.7 Å². The summed E-state index contributed by atoms with van der Waals surface area (Å²) in [5.74, 6) is 2.10. The van der Waals surface area contributed by atoms with E-state index in [1.54, 1.807) is 33.6 Å². The van der Waals surface area contributed by atoms with Crippen LogP contribution in [0.1, 0.15) is 5.56 Å².